The summed E-state index contributed by atoms with van der Waals surface area (Å²) in [5, 5.41) is 9.30. The smallest absolute Gasteiger partial charge is 0.318 e. The zero-order valence-electron chi connectivity index (χ0n) is 10.7. The first-order chi connectivity index (χ1) is 9.47. The Bertz CT molecular complexity index is 636. The minimum absolute atomic E-state index is 0.215. The van der Waals surface area contributed by atoms with E-state index < -0.39 is 17.2 Å². The molecule has 106 valence electrons. The van der Waals surface area contributed by atoms with Gasteiger partial charge in [-0.15, -0.1) is 10.2 Å². The second kappa shape index (κ2) is 5.78. The maximum absolute atomic E-state index is 11.5. The fraction of sp³-hybridized carbons (Fsp3) is 0.273. The van der Waals surface area contributed by atoms with Crippen LogP contribution in [-0.2, 0) is 4.79 Å². The number of rotatable bonds is 4. The topological polar surface area (TPSA) is 124 Å². The van der Waals surface area contributed by atoms with Crippen LogP contribution in [-0.4, -0.2) is 27.4 Å². The lowest BCUT2D eigenvalue weighted by atomic mass is 10.3. The van der Waals surface area contributed by atoms with Crippen molar-refractivity contribution >= 4 is 23.7 Å². The zero-order chi connectivity index (χ0) is 14.7. The third-order valence-corrected chi connectivity index (χ3v) is 3.32. The van der Waals surface area contributed by atoms with Gasteiger partial charge in [-0.05, 0) is 19.9 Å². The molecule has 0 aromatic carbocycles. The van der Waals surface area contributed by atoms with E-state index in [1.54, 1.807) is 19.9 Å². The van der Waals surface area contributed by atoms with E-state index in [-0.39, 0.29) is 5.22 Å². The first-order valence-electron chi connectivity index (χ1n) is 5.62. The number of aryl methyl sites for hydroxylation is 1. The molecule has 2 aromatic rings. The molecule has 0 aliphatic carbocycles. The van der Waals surface area contributed by atoms with Crippen molar-refractivity contribution < 1.29 is 18.4 Å². The molecule has 0 fully saturated rings. The SMILES string of the molecule is Cc1occc1-c1nnc(S[C@H](C)C(=O)NC(N)=O)o1. The van der Waals surface area contributed by atoms with E-state index >= 15 is 0 Å². The first kappa shape index (κ1) is 14.1. The number of imide groups is 1. The average molecular weight is 296 g/mol. The predicted octanol–water partition coefficient (Wildman–Crippen LogP) is 1.31. The Labute approximate surface area is 118 Å². The van der Waals surface area contributed by atoms with Crippen LogP contribution in [0.25, 0.3) is 11.5 Å². The lowest BCUT2D eigenvalue weighted by molar-refractivity contribution is -0.119. The quantitative estimate of drug-likeness (QED) is 0.815. The molecule has 0 radical (unpaired) electrons. The van der Waals surface area contributed by atoms with Crippen LogP contribution >= 0.6 is 11.8 Å². The van der Waals surface area contributed by atoms with E-state index in [0.29, 0.717) is 17.2 Å². The highest BCUT2D eigenvalue weighted by Gasteiger charge is 2.20. The molecule has 20 heavy (non-hydrogen) atoms. The number of hydrogen-bond donors (Lipinski definition) is 2. The standard InChI is InChI=1S/C11H12N4O4S/c1-5-7(3-4-18-5)9-14-15-11(19-9)20-6(2)8(16)13-10(12)17/h3-4,6H,1-2H3,(H3,12,13,16,17)/t6-/m1/s1. The lowest BCUT2D eigenvalue weighted by Crippen LogP contribution is -2.39. The third-order valence-electron chi connectivity index (χ3n) is 2.39. The Morgan fingerprint density at radius 2 is 2.20 bits per heavy atom. The molecule has 0 aliphatic rings. The van der Waals surface area contributed by atoms with Gasteiger partial charge in [0, 0.05) is 0 Å². The number of nitrogens with zero attached hydrogens (tertiary/aromatic N) is 2. The van der Waals surface area contributed by atoms with Crippen LogP contribution in [0.3, 0.4) is 0 Å². The Morgan fingerprint density at radius 3 is 2.80 bits per heavy atom. The Balaban J connectivity index is 2.05. The Morgan fingerprint density at radius 1 is 1.45 bits per heavy atom. The summed E-state index contributed by atoms with van der Waals surface area (Å²) in [4.78, 5) is 22.1. The van der Waals surface area contributed by atoms with Gasteiger partial charge in [-0.1, -0.05) is 11.8 Å². The number of carbonyl (C=O) groups excluding carboxylic acids is 2. The van der Waals surface area contributed by atoms with Crippen molar-refractivity contribution in [2.24, 2.45) is 5.73 Å². The van der Waals surface area contributed by atoms with Crippen LogP contribution in [0.4, 0.5) is 4.79 Å². The van der Waals surface area contributed by atoms with Crippen molar-refractivity contribution in [1.82, 2.24) is 15.5 Å². The fourth-order valence-electron chi connectivity index (χ4n) is 1.40. The molecule has 2 aromatic heterocycles. The highest BCUT2D eigenvalue weighted by Crippen LogP contribution is 2.28. The maximum atomic E-state index is 11.5. The van der Waals surface area contributed by atoms with E-state index in [2.05, 4.69) is 10.2 Å². The number of nitrogens with one attached hydrogen (secondary N) is 1. The molecule has 3 amide bonds. The molecular weight excluding hydrogens is 284 g/mol. The van der Waals surface area contributed by atoms with E-state index in [1.807, 2.05) is 5.32 Å². The van der Waals surface area contributed by atoms with Crippen molar-refractivity contribution in [1.29, 1.82) is 0 Å². The number of amides is 3. The van der Waals surface area contributed by atoms with E-state index in [0.717, 1.165) is 11.8 Å². The summed E-state index contributed by atoms with van der Waals surface area (Å²) in [6, 6.07) is 0.809. The number of carbonyl (C=O) groups is 2. The van der Waals surface area contributed by atoms with Crippen molar-refractivity contribution in [3.63, 3.8) is 0 Å². The summed E-state index contributed by atoms with van der Waals surface area (Å²) < 4.78 is 10.6. The first-order valence-corrected chi connectivity index (χ1v) is 6.50. The summed E-state index contributed by atoms with van der Waals surface area (Å²) in [5.74, 6) is 0.438. The molecule has 2 heterocycles. The summed E-state index contributed by atoms with van der Waals surface area (Å²) in [6.45, 7) is 3.37. The van der Waals surface area contributed by atoms with Gasteiger partial charge in [0.05, 0.1) is 17.1 Å². The molecular formula is C11H12N4O4S. The third kappa shape index (κ3) is 3.18. The molecule has 2 rings (SSSR count). The van der Waals surface area contributed by atoms with Gasteiger partial charge in [0.1, 0.15) is 5.76 Å². The van der Waals surface area contributed by atoms with Gasteiger partial charge < -0.3 is 14.6 Å². The molecule has 0 spiro atoms. The van der Waals surface area contributed by atoms with Crippen molar-refractivity contribution in [2.75, 3.05) is 0 Å². The molecule has 0 saturated carbocycles. The van der Waals surface area contributed by atoms with Gasteiger partial charge in [-0.3, -0.25) is 10.1 Å². The lowest BCUT2D eigenvalue weighted by Gasteiger charge is -2.06. The summed E-state index contributed by atoms with van der Waals surface area (Å²) in [6.07, 6.45) is 1.52. The van der Waals surface area contributed by atoms with Gasteiger partial charge in [0.2, 0.25) is 5.91 Å². The molecule has 0 bridgehead atoms. The molecule has 8 nitrogen and oxygen atoms in total. The molecule has 1 atom stereocenters. The number of aromatic nitrogens is 2. The molecule has 0 aliphatic heterocycles. The normalized spacial score (nSPS) is 12.1. The number of furan rings is 1. The predicted molar refractivity (Wildman–Crippen MR) is 69.8 cm³/mol. The highest BCUT2D eigenvalue weighted by molar-refractivity contribution is 8.00. The van der Waals surface area contributed by atoms with Crippen molar-refractivity contribution in [3.8, 4) is 11.5 Å². The van der Waals surface area contributed by atoms with E-state index in [1.165, 1.54) is 6.26 Å². The fourth-order valence-corrected chi connectivity index (χ4v) is 2.08. The molecule has 3 N–H and O–H groups in total. The van der Waals surface area contributed by atoms with E-state index in [4.69, 9.17) is 14.6 Å². The Kier molecular flexibility index (Phi) is 4.08. The summed E-state index contributed by atoms with van der Waals surface area (Å²) in [5.41, 5.74) is 5.56. The monoisotopic (exact) mass is 296 g/mol. The van der Waals surface area contributed by atoms with Crippen molar-refractivity contribution in [3.05, 3.63) is 18.1 Å². The minimum atomic E-state index is -0.900. The maximum Gasteiger partial charge on any atom is 0.318 e. The van der Waals surface area contributed by atoms with Crippen molar-refractivity contribution in [2.45, 2.75) is 24.3 Å². The number of primary amides is 1. The summed E-state index contributed by atoms with van der Waals surface area (Å²) in [7, 11) is 0. The second-order valence-electron chi connectivity index (χ2n) is 3.88. The average Bonchev–Trinajstić information content (AvgIpc) is 2.97. The summed E-state index contributed by atoms with van der Waals surface area (Å²) >= 11 is 1.03. The number of hydrogen-bond acceptors (Lipinski definition) is 7. The second-order valence-corrected chi connectivity index (χ2v) is 5.17. The zero-order valence-corrected chi connectivity index (χ0v) is 11.6. The minimum Gasteiger partial charge on any atom is -0.469 e. The van der Waals surface area contributed by atoms with Gasteiger partial charge in [-0.2, -0.15) is 0 Å². The van der Waals surface area contributed by atoms with Crippen LogP contribution in [0, 0.1) is 6.92 Å². The number of nitrogens with two attached hydrogens (primary N) is 1. The molecule has 0 unspecified atom stereocenters. The van der Waals surface area contributed by atoms with Crippen LogP contribution in [0.2, 0.25) is 0 Å². The molecule has 0 saturated heterocycles. The van der Waals surface area contributed by atoms with Crippen LogP contribution < -0.4 is 11.1 Å². The van der Waals surface area contributed by atoms with Gasteiger partial charge in [-0.25, -0.2) is 4.79 Å². The molecule has 9 heteroatoms. The highest BCUT2D eigenvalue weighted by atomic mass is 32.2. The van der Waals surface area contributed by atoms with Crippen LogP contribution in [0.5, 0.6) is 0 Å². The van der Waals surface area contributed by atoms with Gasteiger partial charge in [0.15, 0.2) is 0 Å². The van der Waals surface area contributed by atoms with Crippen LogP contribution in [0.1, 0.15) is 12.7 Å². The Hall–Kier alpha value is -2.29. The number of thioether (sulfide) groups is 1. The largest absolute Gasteiger partial charge is 0.469 e. The van der Waals surface area contributed by atoms with Gasteiger partial charge >= 0.3 is 6.03 Å². The van der Waals surface area contributed by atoms with E-state index in [9.17, 15) is 9.59 Å². The van der Waals surface area contributed by atoms with Crippen LogP contribution in [0.15, 0.2) is 26.4 Å². The van der Waals surface area contributed by atoms with Gasteiger partial charge in [0.25, 0.3) is 11.1 Å². The number of urea groups is 1.